The summed E-state index contributed by atoms with van der Waals surface area (Å²) in [7, 11) is 0. The third kappa shape index (κ3) is 6.72. The van der Waals surface area contributed by atoms with Crippen LogP contribution >= 0.6 is 11.9 Å². The predicted molar refractivity (Wildman–Crippen MR) is 162 cm³/mol. The van der Waals surface area contributed by atoms with Crippen LogP contribution in [0, 0.1) is 37.0 Å². The Hall–Kier alpha value is -2.53. The monoisotopic (exact) mass is 531 g/mol. The summed E-state index contributed by atoms with van der Waals surface area (Å²) in [5.41, 5.74) is 6.12. The minimum absolute atomic E-state index is 0.215. The Morgan fingerprint density at radius 3 is 2.32 bits per heavy atom. The fourth-order valence-electron chi connectivity index (χ4n) is 6.24. The topological polar surface area (TPSA) is 47.0 Å². The first-order chi connectivity index (χ1) is 18.2. The van der Waals surface area contributed by atoms with Crippen LogP contribution < -0.4 is 9.46 Å². The van der Waals surface area contributed by atoms with E-state index in [0.29, 0.717) is 36.2 Å². The Morgan fingerprint density at radius 1 is 0.974 bits per heavy atom. The standard InChI is InChI=1S/C31H39N3OS.C2H6/c1-19-13-23(14-19)29-22-11-8-12-25(15-22)36-34-30-32-26(28-20(2)9-7-10-21(28)3)16-27(33-30)35-18-24(29)17-31(4,5)6;1-2/h7-12,15-16,19,23-24,29H,13-14,17-18H2,1-6H3,(H,32,33,34);1-2H3. The molecule has 1 N–H and O–H groups in total. The van der Waals surface area contributed by atoms with Gasteiger partial charge in [0.2, 0.25) is 11.8 Å². The van der Waals surface area contributed by atoms with Gasteiger partial charge in [0.1, 0.15) is 0 Å². The highest BCUT2D eigenvalue weighted by molar-refractivity contribution is 8.00. The maximum Gasteiger partial charge on any atom is 0.237 e. The largest absolute Gasteiger partial charge is 0.477 e. The van der Waals surface area contributed by atoms with E-state index in [-0.39, 0.29) is 5.41 Å². The van der Waals surface area contributed by atoms with Crippen molar-refractivity contribution in [1.29, 1.82) is 0 Å². The number of aryl methyl sites for hydroxylation is 2. The Bertz CT molecular complexity index is 1210. The zero-order valence-electron chi connectivity index (χ0n) is 24.5. The van der Waals surface area contributed by atoms with Crippen molar-refractivity contribution in [2.45, 2.75) is 85.5 Å². The number of nitrogens with zero attached hydrogens (tertiary/aromatic N) is 2. The van der Waals surface area contributed by atoms with Gasteiger partial charge < -0.3 is 4.74 Å². The number of hydrogen-bond acceptors (Lipinski definition) is 5. The van der Waals surface area contributed by atoms with Crippen LogP contribution in [0.15, 0.2) is 53.4 Å². The van der Waals surface area contributed by atoms with Crippen molar-refractivity contribution >= 4 is 17.9 Å². The number of aromatic nitrogens is 2. The molecule has 1 aromatic heterocycles. The first kappa shape index (κ1) is 28.5. The fourth-order valence-corrected chi connectivity index (χ4v) is 6.88. The van der Waals surface area contributed by atoms with Crippen molar-refractivity contribution in [3.63, 3.8) is 0 Å². The molecule has 5 heteroatoms. The van der Waals surface area contributed by atoms with Crippen molar-refractivity contribution in [2.24, 2.45) is 23.2 Å². The summed E-state index contributed by atoms with van der Waals surface area (Å²) < 4.78 is 9.97. The zero-order chi connectivity index (χ0) is 27.4. The minimum Gasteiger partial charge on any atom is -0.477 e. The first-order valence-electron chi connectivity index (χ1n) is 14.3. The second-order valence-corrected chi connectivity index (χ2v) is 13.0. The van der Waals surface area contributed by atoms with Crippen molar-refractivity contribution < 1.29 is 4.74 Å². The lowest BCUT2D eigenvalue weighted by molar-refractivity contribution is 0.0891. The maximum atomic E-state index is 6.57. The molecule has 0 amide bonds. The second-order valence-electron chi connectivity index (χ2n) is 12.2. The highest BCUT2D eigenvalue weighted by Gasteiger charge is 2.39. The molecule has 1 aliphatic carbocycles. The lowest BCUT2D eigenvalue weighted by atomic mass is 9.62. The van der Waals surface area contributed by atoms with Crippen LogP contribution in [0.3, 0.4) is 0 Å². The molecule has 204 valence electrons. The third-order valence-electron chi connectivity index (χ3n) is 7.69. The molecule has 2 atom stereocenters. The number of hydrogen-bond donors (Lipinski definition) is 1. The van der Waals surface area contributed by atoms with Gasteiger partial charge in [-0.2, -0.15) is 4.98 Å². The molecule has 2 aromatic carbocycles. The van der Waals surface area contributed by atoms with Gasteiger partial charge in [0.05, 0.1) is 12.3 Å². The van der Waals surface area contributed by atoms with Gasteiger partial charge in [-0.15, -0.1) is 0 Å². The summed E-state index contributed by atoms with van der Waals surface area (Å²) in [5.74, 6) is 3.65. The van der Waals surface area contributed by atoms with E-state index < -0.39 is 0 Å². The van der Waals surface area contributed by atoms with Crippen molar-refractivity contribution in [2.75, 3.05) is 11.3 Å². The molecule has 5 rings (SSSR count). The number of anilines is 1. The van der Waals surface area contributed by atoms with Gasteiger partial charge in [-0.1, -0.05) is 71.9 Å². The number of benzene rings is 2. The number of nitrogens with one attached hydrogen (secondary N) is 1. The van der Waals surface area contributed by atoms with Crippen molar-refractivity contribution in [3.05, 3.63) is 65.2 Å². The van der Waals surface area contributed by atoms with Crippen LogP contribution in [-0.2, 0) is 0 Å². The number of ether oxygens (including phenoxy) is 1. The van der Waals surface area contributed by atoms with E-state index in [1.165, 1.54) is 34.4 Å². The summed E-state index contributed by atoms with van der Waals surface area (Å²) >= 11 is 1.58. The van der Waals surface area contributed by atoms with Gasteiger partial charge in [0, 0.05) is 22.4 Å². The molecule has 2 aliphatic rings. The molecule has 1 fully saturated rings. The molecule has 2 unspecified atom stereocenters. The van der Waals surface area contributed by atoms with Gasteiger partial charge in [0.25, 0.3) is 0 Å². The van der Waals surface area contributed by atoms with Crippen molar-refractivity contribution in [1.82, 2.24) is 9.97 Å². The molecular formula is C33H45N3OS. The normalized spacial score (nSPS) is 22.8. The summed E-state index contributed by atoms with van der Waals surface area (Å²) in [6, 6.07) is 17.5. The molecule has 0 saturated heterocycles. The fraction of sp³-hybridized carbons (Fsp3) is 0.515. The maximum absolute atomic E-state index is 6.57. The summed E-state index contributed by atoms with van der Waals surface area (Å²) in [4.78, 5) is 10.9. The molecule has 1 aliphatic heterocycles. The molecule has 3 aromatic rings. The van der Waals surface area contributed by atoms with E-state index in [0.717, 1.165) is 23.6 Å². The Morgan fingerprint density at radius 2 is 1.66 bits per heavy atom. The number of fused-ring (bicyclic) bond motifs is 4. The molecule has 1 saturated carbocycles. The Labute approximate surface area is 234 Å². The second kappa shape index (κ2) is 12.1. The lowest BCUT2D eigenvalue weighted by Crippen LogP contribution is -2.35. The molecule has 0 spiro atoms. The average molecular weight is 532 g/mol. The van der Waals surface area contributed by atoms with Gasteiger partial charge in [-0.3, -0.25) is 4.72 Å². The average Bonchev–Trinajstić information content (AvgIpc) is 2.85. The van der Waals surface area contributed by atoms with Gasteiger partial charge in [-0.05, 0) is 97.0 Å². The Kier molecular flexibility index (Phi) is 9.07. The van der Waals surface area contributed by atoms with E-state index >= 15 is 0 Å². The Balaban J connectivity index is 0.00000164. The molecule has 4 bridgehead atoms. The zero-order valence-corrected chi connectivity index (χ0v) is 25.3. The van der Waals surface area contributed by atoms with E-state index in [1.54, 1.807) is 11.9 Å². The van der Waals surface area contributed by atoms with E-state index in [1.807, 2.05) is 19.9 Å². The van der Waals surface area contributed by atoms with Crippen LogP contribution in [0.4, 0.5) is 5.95 Å². The van der Waals surface area contributed by atoms with Gasteiger partial charge in [-0.25, -0.2) is 4.98 Å². The predicted octanol–water partition coefficient (Wildman–Crippen LogP) is 9.48. The van der Waals surface area contributed by atoms with Gasteiger partial charge in [0.15, 0.2) is 0 Å². The third-order valence-corrected chi connectivity index (χ3v) is 8.46. The molecule has 38 heavy (non-hydrogen) atoms. The summed E-state index contributed by atoms with van der Waals surface area (Å²) in [5, 5.41) is 0. The number of rotatable bonds is 3. The van der Waals surface area contributed by atoms with Crippen LogP contribution in [0.5, 0.6) is 5.88 Å². The van der Waals surface area contributed by atoms with Crippen LogP contribution in [-0.4, -0.2) is 16.6 Å². The van der Waals surface area contributed by atoms with E-state index in [9.17, 15) is 0 Å². The quantitative estimate of drug-likeness (QED) is 0.341. The molecule has 4 nitrogen and oxygen atoms in total. The van der Waals surface area contributed by atoms with E-state index in [4.69, 9.17) is 14.7 Å². The minimum atomic E-state index is 0.215. The molecular weight excluding hydrogens is 486 g/mol. The SMILES string of the molecule is CC.Cc1cccc(C)c1-c1cc2nc(n1)NSc1cccc(c1)C(C1CC(C)C1)C(CC(C)(C)C)CO2. The highest BCUT2D eigenvalue weighted by atomic mass is 32.2. The van der Waals surface area contributed by atoms with Crippen molar-refractivity contribution in [3.8, 4) is 17.1 Å². The smallest absolute Gasteiger partial charge is 0.237 e. The van der Waals surface area contributed by atoms with Crippen LogP contribution in [0.25, 0.3) is 11.3 Å². The summed E-state index contributed by atoms with van der Waals surface area (Å²) in [6.07, 6.45) is 3.71. The van der Waals surface area contributed by atoms with E-state index in [2.05, 4.69) is 88.7 Å². The molecule has 0 radical (unpaired) electrons. The summed E-state index contributed by atoms with van der Waals surface area (Å²) in [6.45, 7) is 18.4. The van der Waals surface area contributed by atoms with Crippen LogP contribution in [0.1, 0.15) is 83.4 Å². The lowest BCUT2D eigenvalue weighted by Gasteiger charge is -2.44. The molecule has 2 heterocycles. The first-order valence-corrected chi connectivity index (χ1v) is 15.1. The highest BCUT2D eigenvalue weighted by Crippen LogP contribution is 2.49. The van der Waals surface area contributed by atoms with Crippen LogP contribution in [0.2, 0.25) is 0 Å². The van der Waals surface area contributed by atoms with Gasteiger partial charge >= 0.3 is 0 Å².